The number of fused-ring (bicyclic) bond motifs is 2. The van der Waals surface area contributed by atoms with Gasteiger partial charge in [0.25, 0.3) is 0 Å². The fourth-order valence-corrected chi connectivity index (χ4v) is 4.93. The van der Waals surface area contributed by atoms with E-state index in [4.69, 9.17) is 0 Å². The van der Waals surface area contributed by atoms with Crippen molar-refractivity contribution in [1.29, 1.82) is 0 Å². The van der Waals surface area contributed by atoms with E-state index in [-0.39, 0.29) is 30.2 Å². The van der Waals surface area contributed by atoms with Crippen LogP contribution in [0.4, 0.5) is 5.69 Å². The number of hydrogen-bond donors (Lipinski definition) is 3. The van der Waals surface area contributed by atoms with Crippen LogP contribution in [0.15, 0.2) is 54.6 Å². The molecule has 2 saturated heterocycles. The van der Waals surface area contributed by atoms with Gasteiger partial charge in [0.1, 0.15) is 0 Å². The third kappa shape index (κ3) is 3.56. The van der Waals surface area contributed by atoms with Crippen LogP contribution in [0, 0.1) is 18.8 Å². The van der Waals surface area contributed by atoms with Crippen LogP contribution in [0.3, 0.4) is 0 Å². The summed E-state index contributed by atoms with van der Waals surface area (Å²) < 4.78 is 0. The fraction of sp³-hybridized carbons (Fsp3) is 0.375. The normalized spacial score (nSPS) is 28.9. The summed E-state index contributed by atoms with van der Waals surface area (Å²) >= 11 is 0. The van der Waals surface area contributed by atoms with Crippen LogP contribution in [-0.4, -0.2) is 31.5 Å². The molecule has 3 heterocycles. The number of piperidine rings is 1. The lowest BCUT2D eigenvalue weighted by atomic mass is 9.81. The molecule has 0 radical (unpaired) electrons. The first-order valence-corrected chi connectivity index (χ1v) is 10.6. The largest absolute Gasteiger partial charge is 0.338 e. The minimum Gasteiger partial charge on any atom is -0.338 e. The summed E-state index contributed by atoms with van der Waals surface area (Å²) in [5, 5.41) is 10.4. The van der Waals surface area contributed by atoms with Gasteiger partial charge in [0, 0.05) is 12.2 Å². The molecular weight excluding hydrogens is 360 g/mol. The number of amides is 1. The van der Waals surface area contributed by atoms with Crippen molar-refractivity contribution >= 4 is 17.7 Å². The maximum atomic E-state index is 13.1. The van der Waals surface area contributed by atoms with Gasteiger partial charge in [-0.3, -0.25) is 10.1 Å². The fourth-order valence-electron chi connectivity index (χ4n) is 4.93. The van der Waals surface area contributed by atoms with Gasteiger partial charge in [-0.1, -0.05) is 60.2 Å². The number of carbonyl (C=O) groups excluding carboxylic acids is 1. The predicted octanol–water partition coefficient (Wildman–Crippen LogP) is 2.63. The molecule has 0 aliphatic carbocycles. The van der Waals surface area contributed by atoms with Crippen LogP contribution >= 0.6 is 0 Å². The van der Waals surface area contributed by atoms with Crippen molar-refractivity contribution in [2.45, 2.75) is 32.2 Å². The second kappa shape index (κ2) is 7.65. The first-order chi connectivity index (χ1) is 14.2. The predicted molar refractivity (Wildman–Crippen MR) is 116 cm³/mol. The first-order valence-electron chi connectivity index (χ1n) is 10.6. The molecule has 0 spiro atoms. The van der Waals surface area contributed by atoms with E-state index in [0.29, 0.717) is 0 Å². The summed E-state index contributed by atoms with van der Waals surface area (Å²) in [5.41, 5.74) is 5.01. The average Bonchev–Trinajstić information content (AvgIpc) is 3.16. The van der Waals surface area contributed by atoms with Gasteiger partial charge >= 0.3 is 0 Å². The zero-order valence-corrected chi connectivity index (χ0v) is 16.8. The number of allylic oxidation sites excluding steroid dienone is 1. The number of anilines is 1. The van der Waals surface area contributed by atoms with Gasteiger partial charge in [-0.05, 0) is 49.4 Å². The molecule has 4 atom stereocenters. The Morgan fingerprint density at radius 1 is 1.14 bits per heavy atom. The third-order valence-electron chi connectivity index (χ3n) is 6.39. The van der Waals surface area contributed by atoms with Gasteiger partial charge in [-0.15, -0.1) is 0 Å². The summed E-state index contributed by atoms with van der Waals surface area (Å²) in [4.78, 5) is 15.4. The molecule has 5 rings (SSSR count). The Labute approximate surface area is 172 Å². The smallest absolute Gasteiger partial charge is 0.229 e. The van der Waals surface area contributed by atoms with Crippen LogP contribution in [0.25, 0.3) is 6.08 Å². The molecule has 3 aliphatic heterocycles. The lowest BCUT2D eigenvalue weighted by Crippen LogP contribution is -2.72. The monoisotopic (exact) mass is 388 g/mol. The Morgan fingerprint density at radius 2 is 2.03 bits per heavy atom. The number of benzene rings is 2. The van der Waals surface area contributed by atoms with E-state index in [1.165, 1.54) is 22.4 Å². The lowest BCUT2D eigenvalue weighted by Gasteiger charge is -2.46. The summed E-state index contributed by atoms with van der Waals surface area (Å²) in [7, 11) is 0. The van der Waals surface area contributed by atoms with Crippen molar-refractivity contribution in [3.8, 4) is 0 Å². The molecule has 2 fully saturated rings. The van der Waals surface area contributed by atoms with Gasteiger partial charge in [0.05, 0.1) is 12.1 Å². The summed E-state index contributed by atoms with van der Waals surface area (Å²) in [6.45, 7) is 3.94. The van der Waals surface area contributed by atoms with Crippen molar-refractivity contribution in [2.75, 3.05) is 18.0 Å². The molecule has 1 amide bonds. The Kier molecular flexibility index (Phi) is 4.86. The van der Waals surface area contributed by atoms with E-state index in [1.807, 2.05) is 0 Å². The van der Waals surface area contributed by atoms with Crippen LogP contribution in [0.5, 0.6) is 0 Å². The quantitative estimate of drug-likeness (QED) is 0.757. The zero-order valence-electron chi connectivity index (χ0n) is 16.8. The number of aryl methyl sites for hydroxylation is 1. The standard InChI is InChI=1S/C24H28N4O/c1-16-5-4-6-17(15-16)9-10-19-11-13-25-22-21(19)23(29)27-24(26-22)28-14-12-18-7-2-3-8-20(18)28/h2-10,15,19,21-22,24-26H,11-14H2,1H3,(H,27,29)/b10-9+. The molecule has 29 heavy (non-hydrogen) atoms. The molecule has 5 nitrogen and oxygen atoms in total. The van der Waals surface area contributed by atoms with Crippen LogP contribution < -0.4 is 20.9 Å². The van der Waals surface area contributed by atoms with Crippen molar-refractivity contribution in [3.63, 3.8) is 0 Å². The highest BCUT2D eigenvalue weighted by Gasteiger charge is 2.44. The number of carbonyl (C=O) groups is 1. The molecule has 5 heteroatoms. The molecular formula is C24H28N4O. The Morgan fingerprint density at radius 3 is 2.93 bits per heavy atom. The zero-order chi connectivity index (χ0) is 19.8. The molecule has 0 bridgehead atoms. The minimum atomic E-state index is -0.167. The number of hydrogen-bond acceptors (Lipinski definition) is 4. The van der Waals surface area contributed by atoms with Gasteiger partial charge in [-0.25, -0.2) is 0 Å². The lowest BCUT2D eigenvalue weighted by molar-refractivity contribution is -0.132. The maximum absolute atomic E-state index is 13.1. The molecule has 0 aromatic heterocycles. The number of rotatable bonds is 3. The van der Waals surface area contributed by atoms with E-state index < -0.39 is 0 Å². The van der Waals surface area contributed by atoms with Gasteiger partial charge < -0.3 is 15.5 Å². The summed E-state index contributed by atoms with van der Waals surface area (Å²) in [5.74, 6) is 0.259. The van der Waals surface area contributed by atoms with E-state index in [2.05, 4.69) is 88.5 Å². The summed E-state index contributed by atoms with van der Waals surface area (Å²) in [6, 6.07) is 16.9. The topological polar surface area (TPSA) is 56.4 Å². The summed E-state index contributed by atoms with van der Waals surface area (Å²) in [6.07, 6.45) is 6.20. The minimum absolute atomic E-state index is 0.0116. The molecule has 3 N–H and O–H groups in total. The number of nitrogens with one attached hydrogen (secondary N) is 3. The third-order valence-corrected chi connectivity index (χ3v) is 6.39. The van der Waals surface area contributed by atoms with Crippen molar-refractivity contribution in [1.82, 2.24) is 16.0 Å². The van der Waals surface area contributed by atoms with Crippen molar-refractivity contribution in [3.05, 3.63) is 71.3 Å². The van der Waals surface area contributed by atoms with Gasteiger partial charge in [0.2, 0.25) is 5.91 Å². The van der Waals surface area contributed by atoms with Crippen molar-refractivity contribution < 1.29 is 4.79 Å². The average molecular weight is 389 g/mol. The highest BCUT2D eigenvalue weighted by atomic mass is 16.2. The van der Waals surface area contributed by atoms with E-state index in [1.54, 1.807) is 0 Å². The number of nitrogens with zero attached hydrogens (tertiary/aromatic N) is 1. The van der Waals surface area contributed by atoms with Crippen molar-refractivity contribution in [2.24, 2.45) is 11.8 Å². The van der Waals surface area contributed by atoms with Gasteiger partial charge in [-0.2, -0.15) is 0 Å². The molecule has 2 aromatic rings. The van der Waals surface area contributed by atoms with Crippen LogP contribution in [0.2, 0.25) is 0 Å². The molecule has 2 aromatic carbocycles. The highest BCUT2D eigenvalue weighted by molar-refractivity contribution is 5.82. The Balaban J connectivity index is 1.32. The molecule has 150 valence electrons. The highest BCUT2D eigenvalue weighted by Crippen LogP contribution is 2.32. The Hall–Kier alpha value is -2.63. The molecule has 4 unspecified atom stereocenters. The molecule has 0 saturated carbocycles. The SMILES string of the molecule is Cc1cccc(/C=C/C2CCNC3NC(N4CCc5ccccc54)NC(=O)C23)c1. The molecule has 3 aliphatic rings. The number of para-hydroxylation sites is 1. The van der Waals surface area contributed by atoms with E-state index >= 15 is 0 Å². The van der Waals surface area contributed by atoms with Gasteiger partial charge in [0.15, 0.2) is 6.29 Å². The van der Waals surface area contributed by atoms with E-state index in [9.17, 15) is 4.79 Å². The van der Waals surface area contributed by atoms with Crippen LogP contribution in [-0.2, 0) is 11.2 Å². The Bertz CT molecular complexity index is 940. The van der Waals surface area contributed by atoms with E-state index in [0.717, 1.165) is 25.9 Å². The maximum Gasteiger partial charge on any atom is 0.229 e. The second-order valence-electron chi connectivity index (χ2n) is 8.33. The second-order valence-corrected chi connectivity index (χ2v) is 8.33. The van der Waals surface area contributed by atoms with Crippen LogP contribution in [0.1, 0.15) is 23.1 Å². The first kappa shape index (κ1) is 18.4.